The van der Waals surface area contributed by atoms with Crippen molar-refractivity contribution in [2.24, 2.45) is 13.0 Å². The van der Waals surface area contributed by atoms with Crippen molar-refractivity contribution in [1.82, 2.24) is 25.1 Å². The van der Waals surface area contributed by atoms with E-state index in [4.69, 9.17) is 16.3 Å². The molecule has 2 aliphatic heterocycles. The van der Waals surface area contributed by atoms with Gasteiger partial charge in [0.1, 0.15) is 16.9 Å². The Morgan fingerprint density at radius 3 is 2.69 bits per heavy atom. The lowest BCUT2D eigenvalue weighted by molar-refractivity contribution is 0.256. The molecule has 1 aromatic carbocycles. The minimum Gasteiger partial charge on any atom is -0.488 e. The first-order valence-corrected chi connectivity index (χ1v) is 15.4. The van der Waals surface area contributed by atoms with Crippen LogP contribution in [0.5, 0.6) is 5.75 Å². The molecule has 10 nitrogen and oxygen atoms in total. The van der Waals surface area contributed by atoms with Gasteiger partial charge in [-0.2, -0.15) is 10.1 Å². The number of hydrogen-bond donors (Lipinski definition) is 3. The Labute approximate surface area is 234 Å². The van der Waals surface area contributed by atoms with Crippen LogP contribution in [0.3, 0.4) is 0 Å². The molecule has 2 aromatic heterocycles. The summed E-state index contributed by atoms with van der Waals surface area (Å²) in [5.41, 5.74) is 5.01. The number of aromatic nitrogens is 4. The second kappa shape index (κ2) is 10.9. The van der Waals surface area contributed by atoms with Crippen molar-refractivity contribution < 1.29 is 13.2 Å². The normalized spacial score (nSPS) is 17.8. The molecule has 0 unspecified atom stereocenters. The summed E-state index contributed by atoms with van der Waals surface area (Å²) in [6.07, 6.45) is 6.28. The molecule has 1 fully saturated rings. The summed E-state index contributed by atoms with van der Waals surface area (Å²) in [7, 11) is -1.94. The second-order valence-electron chi connectivity index (χ2n) is 11.0. The average Bonchev–Trinajstić information content (AvgIpc) is 3.43. The average molecular weight is 574 g/mol. The largest absolute Gasteiger partial charge is 0.488 e. The quantitative estimate of drug-likeness (QED) is 0.346. The summed E-state index contributed by atoms with van der Waals surface area (Å²) in [5.74, 6) is 1.91. The summed E-state index contributed by atoms with van der Waals surface area (Å²) < 4.78 is 33.7. The van der Waals surface area contributed by atoms with Crippen LogP contribution in [0.15, 0.2) is 23.5 Å². The topological polar surface area (TPSA) is 123 Å². The van der Waals surface area contributed by atoms with Crippen LogP contribution in [-0.4, -0.2) is 53.1 Å². The first kappa shape index (κ1) is 27.7. The number of aryl methyl sites for hydroxylation is 2. The highest BCUT2D eigenvalue weighted by atomic mass is 35.5. The Morgan fingerprint density at radius 2 is 1.97 bits per heavy atom. The van der Waals surface area contributed by atoms with Gasteiger partial charge in [0.25, 0.3) is 0 Å². The Morgan fingerprint density at radius 1 is 1.23 bits per heavy atom. The molecule has 0 radical (unpaired) electrons. The molecule has 5 rings (SSSR count). The third kappa shape index (κ3) is 5.85. The zero-order chi connectivity index (χ0) is 27.9. The zero-order valence-corrected chi connectivity index (χ0v) is 24.6. The molecule has 1 saturated heterocycles. The van der Waals surface area contributed by atoms with Gasteiger partial charge >= 0.3 is 0 Å². The van der Waals surface area contributed by atoms with E-state index in [9.17, 15) is 8.42 Å². The van der Waals surface area contributed by atoms with Gasteiger partial charge in [0, 0.05) is 25.2 Å². The minimum absolute atomic E-state index is 0.0146. The highest BCUT2D eigenvalue weighted by molar-refractivity contribution is 7.91. The van der Waals surface area contributed by atoms with Gasteiger partial charge in [-0.3, -0.25) is 4.68 Å². The Hall–Kier alpha value is -2.89. The molecule has 4 heterocycles. The van der Waals surface area contributed by atoms with Gasteiger partial charge in [-0.1, -0.05) is 25.4 Å². The lowest BCUT2D eigenvalue weighted by Crippen LogP contribution is -2.27. The van der Waals surface area contributed by atoms with E-state index in [1.54, 1.807) is 13.2 Å². The molecular formula is C27H36ClN7O3S. The molecule has 3 N–H and O–H groups in total. The number of halogens is 1. The number of piperidine rings is 1. The maximum absolute atomic E-state index is 13.0. The number of fused-ring (bicyclic) bond motifs is 1. The molecular weight excluding hydrogens is 538 g/mol. The van der Waals surface area contributed by atoms with Crippen LogP contribution in [0, 0.1) is 12.8 Å². The standard InChI is InChI=1S/C27H36ClN7O3S/c1-15(2)14-39(36,37)26-22(13-35(5)34-26)31-25-20(28)12-30-27(33-25)32-21-10-16(3)23(18-6-8-29-9-7-18)19-11-17(4)38-24(19)21/h10,12-13,15,17-18,29H,6-9,11,14H2,1-5H3,(H2,30,31,32,33)/t17-/m1/s1. The molecule has 210 valence electrons. The van der Waals surface area contributed by atoms with Crippen LogP contribution in [0.2, 0.25) is 5.02 Å². The summed E-state index contributed by atoms with van der Waals surface area (Å²) in [6.45, 7) is 10.0. The van der Waals surface area contributed by atoms with Gasteiger partial charge in [0.05, 0.1) is 23.3 Å². The number of hydrogen-bond acceptors (Lipinski definition) is 9. The smallest absolute Gasteiger partial charge is 0.229 e. The molecule has 0 aliphatic carbocycles. The molecule has 0 amide bonds. The summed E-state index contributed by atoms with van der Waals surface area (Å²) >= 11 is 6.43. The second-order valence-corrected chi connectivity index (χ2v) is 13.3. The SMILES string of the molecule is Cc1cc(Nc2ncc(Cl)c(Nc3cn(C)nc3S(=O)(=O)CC(C)C)n2)c2c(c1C1CCNCC1)C[C@@H](C)O2. The fraction of sp³-hybridized carbons (Fsp3) is 0.519. The van der Waals surface area contributed by atoms with Gasteiger partial charge in [-0.25, -0.2) is 13.4 Å². The number of sulfone groups is 1. The Kier molecular flexibility index (Phi) is 7.76. The van der Waals surface area contributed by atoms with Crippen molar-refractivity contribution in [1.29, 1.82) is 0 Å². The number of nitrogens with one attached hydrogen (secondary N) is 3. The number of ether oxygens (including phenoxy) is 1. The van der Waals surface area contributed by atoms with E-state index < -0.39 is 9.84 Å². The minimum atomic E-state index is -3.61. The van der Waals surface area contributed by atoms with Gasteiger partial charge in [-0.05, 0) is 68.8 Å². The summed E-state index contributed by atoms with van der Waals surface area (Å²) in [4.78, 5) is 8.96. The Bertz CT molecular complexity index is 1480. The number of anilines is 4. The van der Waals surface area contributed by atoms with E-state index in [1.807, 2.05) is 13.8 Å². The lowest BCUT2D eigenvalue weighted by atomic mass is 9.83. The van der Waals surface area contributed by atoms with Crippen molar-refractivity contribution >= 4 is 44.6 Å². The van der Waals surface area contributed by atoms with Crippen LogP contribution < -0.4 is 20.7 Å². The maximum atomic E-state index is 13.0. The van der Waals surface area contributed by atoms with Crippen LogP contribution in [-0.2, 0) is 23.3 Å². The first-order chi connectivity index (χ1) is 18.5. The monoisotopic (exact) mass is 573 g/mol. The molecule has 0 spiro atoms. The van der Waals surface area contributed by atoms with Crippen LogP contribution in [0.1, 0.15) is 56.2 Å². The van der Waals surface area contributed by atoms with Crippen LogP contribution in [0.4, 0.5) is 23.1 Å². The van der Waals surface area contributed by atoms with Gasteiger partial charge < -0.3 is 20.7 Å². The van der Waals surface area contributed by atoms with Crippen molar-refractivity contribution in [2.75, 3.05) is 29.5 Å². The van der Waals surface area contributed by atoms with E-state index in [0.717, 1.165) is 43.8 Å². The number of benzene rings is 1. The highest BCUT2D eigenvalue weighted by Crippen LogP contribution is 2.45. The van der Waals surface area contributed by atoms with Gasteiger partial charge in [0.2, 0.25) is 11.0 Å². The van der Waals surface area contributed by atoms with E-state index >= 15 is 0 Å². The summed E-state index contributed by atoms with van der Waals surface area (Å²) in [5, 5.41) is 14.3. The Balaban J connectivity index is 1.46. The van der Waals surface area contributed by atoms with E-state index in [1.165, 1.54) is 27.6 Å². The molecule has 3 aromatic rings. The van der Waals surface area contributed by atoms with Crippen molar-refractivity contribution in [3.05, 3.63) is 40.2 Å². The molecule has 2 aliphatic rings. The molecule has 39 heavy (non-hydrogen) atoms. The summed E-state index contributed by atoms with van der Waals surface area (Å²) in [6, 6.07) is 2.11. The first-order valence-electron chi connectivity index (χ1n) is 13.4. The zero-order valence-electron chi connectivity index (χ0n) is 23.0. The van der Waals surface area contributed by atoms with Crippen molar-refractivity contribution in [3.63, 3.8) is 0 Å². The molecule has 0 saturated carbocycles. The van der Waals surface area contributed by atoms with Crippen molar-refractivity contribution in [3.8, 4) is 5.75 Å². The fourth-order valence-electron chi connectivity index (χ4n) is 5.59. The molecule has 12 heteroatoms. The maximum Gasteiger partial charge on any atom is 0.229 e. The predicted octanol–water partition coefficient (Wildman–Crippen LogP) is 4.88. The fourth-order valence-corrected chi connectivity index (χ4v) is 7.45. The van der Waals surface area contributed by atoms with Crippen LogP contribution >= 0.6 is 11.6 Å². The van der Waals surface area contributed by atoms with Crippen LogP contribution in [0.25, 0.3) is 0 Å². The molecule has 1 atom stereocenters. The third-order valence-corrected chi connectivity index (χ3v) is 9.35. The van der Waals surface area contributed by atoms with Crippen molar-refractivity contribution in [2.45, 2.75) is 64.0 Å². The lowest BCUT2D eigenvalue weighted by Gasteiger charge is -2.27. The van der Waals surface area contributed by atoms with Gasteiger partial charge in [0.15, 0.2) is 15.7 Å². The third-order valence-electron chi connectivity index (χ3n) is 7.07. The van der Waals surface area contributed by atoms with E-state index in [2.05, 4.69) is 50.9 Å². The number of nitrogens with zero attached hydrogens (tertiary/aromatic N) is 4. The number of rotatable bonds is 8. The molecule has 0 bridgehead atoms. The van der Waals surface area contributed by atoms with E-state index in [0.29, 0.717) is 17.6 Å². The van der Waals surface area contributed by atoms with Gasteiger partial charge in [-0.15, -0.1) is 0 Å². The van der Waals surface area contributed by atoms with E-state index in [-0.39, 0.29) is 33.6 Å². The predicted molar refractivity (Wildman–Crippen MR) is 154 cm³/mol. The highest BCUT2D eigenvalue weighted by Gasteiger charge is 2.31.